The Morgan fingerprint density at radius 3 is 2.46 bits per heavy atom. The summed E-state index contributed by atoms with van der Waals surface area (Å²) >= 11 is 6.19. The van der Waals surface area contributed by atoms with Crippen molar-refractivity contribution >= 4 is 43.0 Å². The molecular weight excluding hydrogens is 366 g/mol. The van der Waals surface area contributed by atoms with E-state index in [1.165, 1.54) is 0 Å². The summed E-state index contributed by atoms with van der Waals surface area (Å²) in [6.07, 6.45) is 3.47. The molecular formula is C17H14ClNO3S2. The fraction of sp³-hybridized carbons (Fsp3) is 0.0588. The molecule has 0 bridgehead atoms. The maximum Gasteiger partial charge on any atom is 0.236 e. The number of nitrogens with one attached hydrogen (secondary N) is 1. The Hall–Kier alpha value is -1.89. The summed E-state index contributed by atoms with van der Waals surface area (Å²) in [6.45, 7) is 0. The minimum atomic E-state index is -3.57. The standard InChI is InChI=1S/C17H14ClNO3S2/c18-15-11-14(17-7-4-10-23(17)20)8-9-16(15)19-24(21,22)12-13-5-2-1-3-6-13/h1-11,19H,12H2. The number of allylic oxidation sites excluding steroid dienone is 2. The molecule has 124 valence electrons. The predicted octanol–water partition coefficient (Wildman–Crippen LogP) is 3.90. The lowest BCUT2D eigenvalue weighted by Gasteiger charge is -2.11. The maximum absolute atomic E-state index is 12.3. The Kier molecular flexibility index (Phi) is 4.89. The van der Waals surface area contributed by atoms with Crippen molar-refractivity contribution in [2.75, 3.05) is 4.72 Å². The third kappa shape index (κ3) is 3.95. The van der Waals surface area contributed by atoms with Crippen molar-refractivity contribution in [3.05, 3.63) is 82.2 Å². The molecule has 3 rings (SSSR count). The SMILES string of the molecule is O=S1C=CC=C1c1ccc(NS(=O)(=O)Cc2ccccc2)c(Cl)c1. The second-order valence-corrected chi connectivity index (χ2v) is 8.63. The Morgan fingerprint density at radius 1 is 1.08 bits per heavy atom. The molecule has 1 N–H and O–H groups in total. The molecule has 2 aromatic rings. The maximum atomic E-state index is 12.3. The zero-order chi connectivity index (χ0) is 17.2. The summed E-state index contributed by atoms with van der Waals surface area (Å²) in [4.78, 5) is 0.649. The van der Waals surface area contributed by atoms with Gasteiger partial charge in [0, 0.05) is 5.41 Å². The summed E-state index contributed by atoms with van der Waals surface area (Å²) < 4.78 is 38.8. The van der Waals surface area contributed by atoms with Crippen LogP contribution in [-0.4, -0.2) is 12.6 Å². The van der Waals surface area contributed by atoms with Gasteiger partial charge in [0.25, 0.3) is 0 Å². The lowest BCUT2D eigenvalue weighted by molar-refractivity contribution is 0.600. The fourth-order valence-corrected chi connectivity index (χ4v) is 4.74. The van der Waals surface area contributed by atoms with E-state index in [2.05, 4.69) is 4.72 Å². The van der Waals surface area contributed by atoms with Crippen LogP contribution in [0.2, 0.25) is 5.02 Å². The first kappa shape index (κ1) is 17.0. The molecule has 2 aromatic carbocycles. The summed E-state index contributed by atoms with van der Waals surface area (Å²) in [5.74, 6) is -0.134. The van der Waals surface area contributed by atoms with E-state index >= 15 is 0 Å². The van der Waals surface area contributed by atoms with Crippen LogP contribution in [0.4, 0.5) is 5.69 Å². The molecule has 1 atom stereocenters. The van der Waals surface area contributed by atoms with Crippen molar-refractivity contribution in [1.29, 1.82) is 0 Å². The lowest BCUT2D eigenvalue weighted by Crippen LogP contribution is -2.15. The van der Waals surface area contributed by atoms with Gasteiger partial charge < -0.3 is 0 Å². The molecule has 0 spiro atoms. The highest BCUT2D eigenvalue weighted by atomic mass is 35.5. The van der Waals surface area contributed by atoms with Gasteiger partial charge in [0.15, 0.2) is 0 Å². The van der Waals surface area contributed by atoms with Gasteiger partial charge in [-0.05, 0) is 29.3 Å². The minimum absolute atomic E-state index is 0.134. The van der Waals surface area contributed by atoms with Crippen LogP contribution in [0.1, 0.15) is 11.1 Å². The first-order valence-corrected chi connectivity index (χ1v) is 10.3. The molecule has 24 heavy (non-hydrogen) atoms. The zero-order valence-electron chi connectivity index (χ0n) is 12.5. The van der Waals surface area contributed by atoms with Crippen molar-refractivity contribution in [3.8, 4) is 0 Å². The van der Waals surface area contributed by atoms with Crippen molar-refractivity contribution in [2.24, 2.45) is 0 Å². The molecule has 1 heterocycles. The van der Waals surface area contributed by atoms with E-state index < -0.39 is 20.8 Å². The third-order valence-electron chi connectivity index (χ3n) is 3.39. The van der Waals surface area contributed by atoms with E-state index in [1.807, 2.05) is 6.07 Å². The average molecular weight is 380 g/mol. The molecule has 0 fully saturated rings. The second kappa shape index (κ2) is 6.93. The van der Waals surface area contributed by atoms with E-state index in [1.54, 1.807) is 60.0 Å². The van der Waals surface area contributed by atoms with Crippen LogP contribution in [0, 0.1) is 0 Å². The number of hydrogen-bond acceptors (Lipinski definition) is 3. The number of hydrogen-bond donors (Lipinski definition) is 1. The van der Waals surface area contributed by atoms with Crippen LogP contribution in [0.5, 0.6) is 0 Å². The van der Waals surface area contributed by atoms with Crippen LogP contribution in [-0.2, 0) is 26.6 Å². The molecule has 0 radical (unpaired) electrons. The van der Waals surface area contributed by atoms with Gasteiger partial charge in [-0.15, -0.1) is 0 Å². The van der Waals surface area contributed by atoms with Gasteiger partial charge in [-0.25, -0.2) is 12.6 Å². The van der Waals surface area contributed by atoms with Crippen LogP contribution in [0.15, 0.2) is 66.1 Å². The number of anilines is 1. The highest BCUT2D eigenvalue weighted by molar-refractivity contribution is 7.97. The van der Waals surface area contributed by atoms with Gasteiger partial charge in [0.05, 0.1) is 32.2 Å². The molecule has 0 aliphatic carbocycles. The fourth-order valence-electron chi connectivity index (χ4n) is 2.30. The summed E-state index contributed by atoms with van der Waals surface area (Å²) in [6, 6.07) is 13.8. The Balaban J connectivity index is 1.79. The topological polar surface area (TPSA) is 63.2 Å². The number of sulfonamides is 1. The molecule has 1 unspecified atom stereocenters. The molecule has 7 heteroatoms. The zero-order valence-corrected chi connectivity index (χ0v) is 14.9. The summed E-state index contributed by atoms with van der Waals surface area (Å²) in [7, 11) is -4.76. The number of rotatable bonds is 5. The van der Waals surface area contributed by atoms with Crippen LogP contribution in [0.3, 0.4) is 0 Å². The normalized spacial score (nSPS) is 16.9. The van der Waals surface area contributed by atoms with E-state index in [4.69, 9.17) is 11.6 Å². The van der Waals surface area contributed by atoms with E-state index in [-0.39, 0.29) is 10.8 Å². The Bertz CT molecular complexity index is 951. The van der Waals surface area contributed by atoms with Gasteiger partial charge in [-0.3, -0.25) is 4.72 Å². The number of benzene rings is 2. The van der Waals surface area contributed by atoms with Gasteiger partial charge in [-0.1, -0.05) is 54.1 Å². The van der Waals surface area contributed by atoms with Gasteiger partial charge in [0.1, 0.15) is 0 Å². The largest absolute Gasteiger partial charge is 0.282 e. The van der Waals surface area contributed by atoms with Crippen LogP contribution >= 0.6 is 11.6 Å². The van der Waals surface area contributed by atoms with Crippen LogP contribution < -0.4 is 4.72 Å². The molecule has 0 saturated carbocycles. The van der Waals surface area contributed by atoms with Gasteiger partial charge in [0.2, 0.25) is 10.0 Å². The Labute approximate surface area is 148 Å². The molecule has 1 aliphatic rings. The molecule has 4 nitrogen and oxygen atoms in total. The molecule has 0 saturated heterocycles. The first-order chi connectivity index (χ1) is 11.4. The van der Waals surface area contributed by atoms with Crippen molar-refractivity contribution < 1.29 is 12.6 Å². The molecule has 0 amide bonds. The van der Waals surface area contributed by atoms with E-state index in [0.29, 0.717) is 21.7 Å². The number of halogens is 1. The molecule has 1 aliphatic heterocycles. The summed E-state index contributed by atoms with van der Waals surface area (Å²) in [5.41, 5.74) is 1.69. The average Bonchev–Trinajstić information content (AvgIpc) is 2.96. The monoisotopic (exact) mass is 379 g/mol. The van der Waals surface area contributed by atoms with E-state index in [0.717, 1.165) is 0 Å². The third-order valence-corrected chi connectivity index (χ3v) is 6.15. The molecule has 0 aromatic heterocycles. The summed E-state index contributed by atoms with van der Waals surface area (Å²) in [5, 5.41) is 1.84. The first-order valence-electron chi connectivity index (χ1n) is 7.08. The minimum Gasteiger partial charge on any atom is -0.282 e. The quantitative estimate of drug-likeness (QED) is 0.856. The van der Waals surface area contributed by atoms with Crippen molar-refractivity contribution in [2.45, 2.75) is 5.75 Å². The lowest BCUT2D eigenvalue weighted by atomic mass is 10.2. The van der Waals surface area contributed by atoms with Crippen molar-refractivity contribution in [1.82, 2.24) is 0 Å². The highest BCUT2D eigenvalue weighted by Crippen LogP contribution is 2.30. The van der Waals surface area contributed by atoms with Crippen molar-refractivity contribution in [3.63, 3.8) is 0 Å². The predicted molar refractivity (Wildman–Crippen MR) is 99.4 cm³/mol. The van der Waals surface area contributed by atoms with Gasteiger partial charge in [-0.2, -0.15) is 0 Å². The van der Waals surface area contributed by atoms with E-state index in [9.17, 15) is 12.6 Å². The van der Waals surface area contributed by atoms with Gasteiger partial charge >= 0.3 is 0 Å². The second-order valence-electron chi connectivity index (χ2n) is 5.20. The highest BCUT2D eigenvalue weighted by Gasteiger charge is 2.16. The smallest absolute Gasteiger partial charge is 0.236 e. The van der Waals surface area contributed by atoms with Crippen LogP contribution in [0.25, 0.3) is 4.91 Å². The Morgan fingerprint density at radius 2 is 1.83 bits per heavy atom.